The number of fused-ring (bicyclic) bond motifs is 1. The smallest absolute Gasteiger partial charge is 0.269 e. The van der Waals surface area contributed by atoms with Gasteiger partial charge >= 0.3 is 0 Å². The lowest BCUT2D eigenvalue weighted by Crippen LogP contribution is -2.30. The van der Waals surface area contributed by atoms with Crippen molar-refractivity contribution in [2.45, 2.75) is 11.6 Å². The Kier molecular flexibility index (Phi) is 3.80. The van der Waals surface area contributed by atoms with Crippen molar-refractivity contribution in [3.8, 4) is 0 Å². The molecule has 0 saturated carbocycles. The number of hydrogen-bond donors (Lipinski definition) is 0. The first-order chi connectivity index (χ1) is 10.6. The zero-order valence-electron chi connectivity index (χ0n) is 11.8. The van der Waals surface area contributed by atoms with Crippen LogP contribution in [0.3, 0.4) is 0 Å². The molecule has 0 radical (unpaired) electrons. The minimum atomic E-state index is -0.422. The predicted octanol–water partition coefficient (Wildman–Crippen LogP) is 1.40. The lowest BCUT2D eigenvalue weighted by atomic mass is 10.1. The molecule has 1 aromatic heterocycles. The Hall–Kier alpha value is -2.42. The second-order valence-electron chi connectivity index (χ2n) is 4.88. The van der Waals surface area contributed by atoms with Gasteiger partial charge in [-0.15, -0.1) is 10.2 Å². The van der Waals surface area contributed by atoms with Crippen molar-refractivity contribution in [1.82, 2.24) is 14.8 Å². The van der Waals surface area contributed by atoms with E-state index in [2.05, 4.69) is 10.2 Å². The van der Waals surface area contributed by atoms with Gasteiger partial charge in [-0.1, -0.05) is 11.8 Å². The average Bonchev–Trinajstić information content (AvgIpc) is 3.10. The summed E-state index contributed by atoms with van der Waals surface area (Å²) >= 11 is 1.32. The predicted molar refractivity (Wildman–Crippen MR) is 80.9 cm³/mol. The van der Waals surface area contributed by atoms with Gasteiger partial charge in [-0.2, -0.15) is 0 Å². The number of thioether (sulfide) groups is 1. The monoisotopic (exact) mass is 319 g/mol. The number of carbonyl (C=O) groups excluding carboxylic acids is 1. The summed E-state index contributed by atoms with van der Waals surface area (Å²) < 4.78 is 1.75. The van der Waals surface area contributed by atoms with E-state index < -0.39 is 4.92 Å². The van der Waals surface area contributed by atoms with Crippen LogP contribution in [-0.4, -0.2) is 37.9 Å². The van der Waals surface area contributed by atoms with Gasteiger partial charge in [0.15, 0.2) is 5.16 Å². The van der Waals surface area contributed by atoms with E-state index >= 15 is 0 Å². The van der Waals surface area contributed by atoms with Crippen LogP contribution in [0.1, 0.15) is 5.56 Å². The molecular formula is C13H13N5O3S. The van der Waals surface area contributed by atoms with Gasteiger partial charge in [-0.3, -0.25) is 14.9 Å². The van der Waals surface area contributed by atoms with Crippen LogP contribution in [0.5, 0.6) is 0 Å². The van der Waals surface area contributed by atoms with Crippen molar-refractivity contribution >= 4 is 29.0 Å². The lowest BCUT2D eigenvalue weighted by molar-refractivity contribution is -0.384. The fraction of sp³-hybridized carbons (Fsp3) is 0.308. The minimum Gasteiger partial charge on any atom is -0.312 e. The number of nitro groups is 1. The summed E-state index contributed by atoms with van der Waals surface area (Å²) in [6.07, 6.45) is 2.22. The Morgan fingerprint density at radius 1 is 1.50 bits per heavy atom. The van der Waals surface area contributed by atoms with Crippen LogP contribution < -0.4 is 4.90 Å². The van der Waals surface area contributed by atoms with Crippen molar-refractivity contribution in [2.75, 3.05) is 17.2 Å². The minimum absolute atomic E-state index is 0.0411. The molecule has 1 amide bonds. The normalized spacial score (nSPS) is 13.2. The molecule has 9 heteroatoms. The van der Waals surface area contributed by atoms with Gasteiger partial charge in [0.2, 0.25) is 5.91 Å². The summed E-state index contributed by atoms with van der Waals surface area (Å²) in [5, 5.41) is 19.1. The van der Waals surface area contributed by atoms with Gasteiger partial charge in [0.1, 0.15) is 6.33 Å². The third-order valence-electron chi connectivity index (χ3n) is 3.47. The second-order valence-corrected chi connectivity index (χ2v) is 5.82. The van der Waals surface area contributed by atoms with E-state index in [1.54, 1.807) is 27.9 Å². The Morgan fingerprint density at radius 2 is 2.32 bits per heavy atom. The van der Waals surface area contributed by atoms with E-state index in [0.717, 1.165) is 11.3 Å². The number of aryl methyl sites for hydroxylation is 1. The summed E-state index contributed by atoms with van der Waals surface area (Å²) in [4.78, 5) is 24.4. The summed E-state index contributed by atoms with van der Waals surface area (Å²) in [7, 11) is 1.82. The van der Waals surface area contributed by atoms with Gasteiger partial charge < -0.3 is 9.47 Å². The molecule has 8 nitrogen and oxygen atoms in total. The maximum atomic E-state index is 12.3. The molecule has 0 saturated heterocycles. The molecule has 0 N–H and O–H groups in total. The van der Waals surface area contributed by atoms with E-state index in [9.17, 15) is 14.9 Å². The van der Waals surface area contributed by atoms with Gasteiger partial charge in [-0.25, -0.2) is 0 Å². The zero-order valence-corrected chi connectivity index (χ0v) is 12.6. The number of rotatable bonds is 4. The average molecular weight is 319 g/mol. The van der Waals surface area contributed by atoms with Crippen LogP contribution >= 0.6 is 11.8 Å². The summed E-state index contributed by atoms with van der Waals surface area (Å²) in [6, 6.07) is 4.62. The standard InChI is InChI=1S/C13H13N5O3S/c1-16-8-14-15-13(16)22-7-12(19)17-5-4-9-6-10(18(20)21)2-3-11(9)17/h2-3,6,8H,4-5,7H2,1H3. The summed E-state index contributed by atoms with van der Waals surface area (Å²) in [6.45, 7) is 0.550. The number of carbonyl (C=O) groups is 1. The second kappa shape index (κ2) is 5.76. The highest BCUT2D eigenvalue weighted by molar-refractivity contribution is 7.99. The number of anilines is 1. The molecule has 22 heavy (non-hydrogen) atoms. The first kappa shape index (κ1) is 14.5. The van der Waals surface area contributed by atoms with Gasteiger partial charge in [0.25, 0.3) is 5.69 Å². The van der Waals surface area contributed by atoms with Gasteiger partial charge in [-0.05, 0) is 18.1 Å². The Balaban J connectivity index is 1.71. The number of nitrogens with zero attached hydrogens (tertiary/aromatic N) is 5. The van der Waals surface area contributed by atoms with Crippen molar-refractivity contribution in [1.29, 1.82) is 0 Å². The van der Waals surface area contributed by atoms with Gasteiger partial charge in [0.05, 0.1) is 10.7 Å². The Bertz CT molecular complexity index is 745. The molecule has 2 aromatic rings. The highest BCUT2D eigenvalue weighted by atomic mass is 32.2. The summed E-state index contributed by atoms with van der Waals surface area (Å²) in [5.74, 6) is 0.212. The molecule has 3 rings (SSSR count). The Morgan fingerprint density at radius 3 is 3.00 bits per heavy atom. The highest BCUT2D eigenvalue weighted by Crippen LogP contribution is 2.31. The largest absolute Gasteiger partial charge is 0.312 e. The van der Waals surface area contributed by atoms with Crippen molar-refractivity contribution in [3.63, 3.8) is 0 Å². The quantitative estimate of drug-likeness (QED) is 0.480. The van der Waals surface area contributed by atoms with Crippen molar-refractivity contribution in [2.24, 2.45) is 7.05 Å². The third kappa shape index (κ3) is 2.67. The Labute approximate surface area is 130 Å². The molecule has 1 aliphatic heterocycles. The number of amides is 1. The zero-order chi connectivity index (χ0) is 15.7. The molecule has 0 bridgehead atoms. The third-order valence-corrected chi connectivity index (χ3v) is 4.48. The molecule has 0 atom stereocenters. The van der Waals surface area contributed by atoms with E-state index in [1.165, 1.54) is 17.8 Å². The number of non-ortho nitro benzene ring substituents is 1. The fourth-order valence-corrected chi connectivity index (χ4v) is 3.13. The van der Waals surface area contributed by atoms with Gasteiger partial charge in [0, 0.05) is 31.4 Å². The molecule has 1 aliphatic rings. The summed E-state index contributed by atoms with van der Waals surface area (Å²) in [5.41, 5.74) is 1.65. The van der Waals surface area contributed by atoms with Crippen molar-refractivity contribution in [3.05, 3.63) is 40.2 Å². The molecule has 114 valence electrons. The molecule has 0 fully saturated rings. The van der Waals surface area contributed by atoms with Crippen LogP contribution in [0.25, 0.3) is 0 Å². The van der Waals surface area contributed by atoms with Crippen LogP contribution in [0.2, 0.25) is 0 Å². The van der Waals surface area contributed by atoms with E-state index in [0.29, 0.717) is 18.1 Å². The number of nitro benzene ring substituents is 1. The molecule has 0 aliphatic carbocycles. The first-order valence-corrected chi connectivity index (χ1v) is 7.59. The van der Waals surface area contributed by atoms with Crippen LogP contribution in [0, 0.1) is 10.1 Å². The molecule has 0 unspecified atom stereocenters. The molecule has 0 spiro atoms. The van der Waals surface area contributed by atoms with E-state index in [1.807, 2.05) is 7.05 Å². The number of hydrogen-bond acceptors (Lipinski definition) is 6. The molecule has 2 heterocycles. The maximum Gasteiger partial charge on any atom is 0.269 e. The van der Waals surface area contributed by atoms with E-state index in [-0.39, 0.29) is 17.3 Å². The van der Waals surface area contributed by atoms with Crippen LogP contribution in [-0.2, 0) is 18.3 Å². The maximum absolute atomic E-state index is 12.3. The SMILES string of the molecule is Cn1cnnc1SCC(=O)N1CCc2cc([N+](=O)[O-])ccc21. The fourth-order valence-electron chi connectivity index (χ4n) is 2.37. The molecule has 1 aromatic carbocycles. The number of benzene rings is 1. The first-order valence-electron chi connectivity index (χ1n) is 6.61. The highest BCUT2D eigenvalue weighted by Gasteiger charge is 2.26. The van der Waals surface area contributed by atoms with Crippen LogP contribution in [0.15, 0.2) is 29.7 Å². The van der Waals surface area contributed by atoms with Crippen molar-refractivity contribution < 1.29 is 9.72 Å². The van der Waals surface area contributed by atoms with E-state index in [4.69, 9.17) is 0 Å². The van der Waals surface area contributed by atoms with Crippen LogP contribution in [0.4, 0.5) is 11.4 Å². The number of aromatic nitrogens is 3. The topological polar surface area (TPSA) is 94.2 Å². The lowest BCUT2D eigenvalue weighted by Gasteiger charge is -2.16. The molecular weight excluding hydrogens is 306 g/mol.